The fraction of sp³-hybridized carbons (Fsp3) is 0. The van der Waals surface area contributed by atoms with Crippen LogP contribution in [-0.4, -0.2) is 18.4 Å². The number of carbonyl (C=O) groups is 2. The summed E-state index contributed by atoms with van der Waals surface area (Å²) in [6.07, 6.45) is 1.41. The molecular formula is C9H7NO2. The molecule has 0 aromatic heterocycles. The average molecular weight is 161 g/mol. The standard InChI is InChI=1S/C9H7NO2/c11-7-6-10-9(12)8-4-2-1-3-5-8/h1-7H. The molecule has 0 spiro atoms. The quantitative estimate of drug-likeness (QED) is 0.481. The topological polar surface area (TPSA) is 46.5 Å². The van der Waals surface area contributed by atoms with E-state index in [4.69, 9.17) is 0 Å². The Balaban J connectivity index is 2.79. The number of amides is 1. The first-order valence-electron chi connectivity index (χ1n) is 3.42. The van der Waals surface area contributed by atoms with Crippen LogP contribution in [0.3, 0.4) is 0 Å². The van der Waals surface area contributed by atoms with Gasteiger partial charge in [-0.25, -0.2) is 4.99 Å². The zero-order valence-corrected chi connectivity index (χ0v) is 6.31. The average Bonchev–Trinajstić information content (AvgIpc) is 2.15. The summed E-state index contributed by atoms with van der Waals surface area (Å²) < 4.78 is 0. The number of aldehydes is 1. The maximum absolute atomic E-state index is 11.0. The van der Waals surface area contributed by atoms with Gasteiger partial charge in [0.25, 0.3) is 5.91 Å². The molecule has 60 valence electrons. The minimum Gasteiger partial charge on any atom is -0.297 e. The van der Waals surface area contributed by atoms with Crippen molar-refractivity contribution in [3.8, 4) is 0 Å². The number of aliphatic imine (C=N–C) groups is 1. The van der Waals surface area contributed by atoms with Crippen molar-refractivity contribution in [2.45, 2.75) is 0 Å². The Morgan fingerprint density at radius 3 is 2.50 bits per heavy atom. The van der Waals surface area contributed by atoms with Gasteiger partial charge < -0.3 is 0 Å². The van der Waals surface area contributed by atoms with Crippen LogP contribution in [0.15, 0.2) is 35.3 Å². The van der Waals surface area contributed by atoms with Crippen molar-refractivity contribution in [3.05, 3.63) is 35.9 Å². The first-order chi connectivity index (χ1) is 5.84. The van der Waals surface area contributed by atoms with E-state index in [2.05, 4.69) is 4.99 Å². The van der Waals surface area contributed by atoms with E-state index in [-0.39, 0.29) is 0 Å². The third-order valence-electron chi connectivity index (χ3n) is 1.27. The molecular weight excluding hydrogens is 154 g/mol. The number of carbonyl (C=O) groups excluding carboxylic acids is 2. The van der Waals surface area contributed by atoms with Gasteiger partial charge in [0, 0.05) is 5.56 Å². The van der Waals surface area contributed by atoms with E-state index in [0.29, 0.717) is 11.8 Å². The first-order valence-corrected chi connectivity index (χ1v) is 3.42. The molecule has 0 N–H and O–H groups in total. The lowest BCUT2D eigenvalue weighted by atomic mass is 10.2. The molecule has 1 amide bonds. The third kappa shape index (κ3) is 2.12. The molecule has 0 heterocycles. The van der Waals surface area contributed by atoms with Gasteiger partial charge >= 0.3 is 0 Å². The zero-order valence-electron chi connectivity index (χ0n) is 6.31. The van der Waals surface area contributed by atoms with Crippen molar-refractivity contribution in [1.82, 2.24) is 0 Å². The molecule has 1 rings (SSSR count). The molecule has 3 nitrogen and oxygen atoms in total. The van der Waals surface area contributed by atoms with Crippen LogP contribution in [-0.2, 0) is 4.79 Å². The van der Waals surface area contributed by atoms with Crippen LogP contribution in [0.5, 0.6) is 0 Å². The van der Waals surface area contributed by atoms with Crippen molar-refractivity contribution < 1.29 is 9.59 Å². The fourth-order valence-corrected chi connectivity index (χ4v) is 0.753. The minimum absolute atomic E-state index is 0.400. The molecule has 0 unspecified atom stereocenters. The summed E-state index contributed by atoms with van der Waals surface area (Å²) in [6.45, 7) is 0. The van der Waals surface area contributed by atoms with Crippen LogP contribution < -0.4 is 0 Å². The summed E-state index contributed by atoms with van der Waals surface area (Å²) in [4.78, 5) is 24.3. The van der Waals surface area contributed by atoms with Crippen molar-refractivity contribution in [3.63, 3.8) is 0 Å². The number of hydrogen-bond acceptors (Lipinski definition) is 2. The molecule has 12 heavy (non-hydrogen) atoms. The van der Waals surface area contributed by atoms with Crippen LogP contribution >= 0.6 is 0 Å². The van der Waals surface area contributed by atoms with E-state index < -0.39 is 5.91 Å². The highest BCUT2D eigenvalue weighted by Gasteiger charge is 1.99. The lowest BCUT2D eigenvalue weighted by Crippen LogP contribution is -1.94. The Kier molecular flexibility index (Phi) is 2.90. The molecule has 0 saturated heterocycles. The monoisotopic (exact) mass is 161 g/mol. The van der Waals surface area contributed by atoms with Crippen LogP contribution in [0.1, 0.15) is 10.4 Å². The van der Waals surface area contributed by atoms with Gasteiger partial charge in [-0.3, -0.25) is 9.59 Å². The van der Waals surface area contributed by atoms with E-state index >= 15 is 0 Å². The van der Waals surface area contributed by atoms with Crippen LogP contribution in [0, 0.1) is 0 Å². The molecule has 0 fully saturated rings. The highest BCUT2D eigenvalue weighted by molar-refractivity contribution is 6.17. The number of nitrogens with zero attached hydrogens (tertiary/aromatic N) is 1. The molecule has 0 radical (unpaired) electrons. The second-order valence-electron chi connectivity index (χ2n) is 2.09. The molecule has 1 aromatic rings. The van der Waals surface area contributed by atoms with Crippen molar-refractivity contribution in [2.75, 3.05) is 0 Å². The second kappa shape index (κ2) is 4.18. The SMILES string of the molecule is O=CC=NC(=O)c1ccccc1. The summed E-state index contributed by atoms with van der Waals surface area (Å²) in [5.74, 6) is -0.400. The molecule has 0 bridgehead atoms. The predicted molar refractivity (Wildman–Crippen MR) is 45.3 cm³/mol. The first kappa shape index (κ1) is 8.33. The Hall–Kier alpha value is -1.77. The summed E-state index contributed by atoms with van der Waals surface area (Å²) in [5.41, 5.74) is 0.482. The second-order valence-corrected chi connectivity index (χ2v) is 2.09. The van der Waals surface area contributed by atoms with Gasteiger partial charge in [-0.15, -0.1) is 0 Å². The normalized spacial score (nSPS) is 10.0. The third-order valence-corrected chi connectivity index (χ3v) is 1.27. The summed E-state index contributed by atoms with van der Waals surface area (Å²) in [5, 5.41) is 0. The highest BCUT2D eigenvalue weighted by atomic mass is 16.1. The largest absolute Gasteiger partial charge is 0.297 e. The van der Waals surface area contributed by atoms with Crippen LogP contribution in [0.25, 0.3) is 0 Å². The Morgan fingerprint density at radius 1 is 1.25 bits per heavy atom. The number of rotatable bonds is 2. The zero-order chi connectivity index (χ0) is 8.81. The maximum Gasteiger partial charge on any atom is 0.277 e. The van der Waals surface area contributed by atoms with Gasteiger partial charge in [0.05, 0.1) is 6.21 Å². The van der Waals surface area contributed by atoms with E-state index in [9.17, 15) is 9.59 Å². The van der Waals surface area contributed by atoms with Crippen molar-refractivity contribution in [2.24, 2.45) is 4.99 Å². The molecule has 0 aliphatic carbocycles. The Morgan fingerprint density at radius 2 is 1.92 bits per heavy atom. The van der Waals surface area contributed by atoms with Gasteiger partial charge in [-0.2, -0.15) is 0 Å². The molecule has 0 saturated carbocycles. The number of hydrogen-bond donors (Lipinski definition) is 0. The molecule has 0 atom stereocenters. The van der Waals surface area contributed by atoms with E-state index in [0.717, 1.165) is 6.21 Å². The molecule has 1 aromatic carbocycles. The van der Waals surface area contributed by atoms with E-state index in [1.165, 1.54) is 0 Å². The smallest absolute Gasteiger partial charge is 0.277 e. The predicted octanol–water partition coefficient (Wildman–Crippen LogP) is 1.10. The highest BCUT2D eigenvalue weighted by Crippen LogP contribution is 1.99. The van der Waals surface area contributed by atoms with Crippen molar-refractivity contribution >= 4 is 18.4 Å². The van der Waals surface area contributed by atoms with Crippen LogP contribution in [0.2, 0.25) is 0 Å². The molecule has 0 aliphatic rings. The van der Waals surface area contributed by atoms with E-state index in [1.807, 2.05) is 0 Å². The lowest BCUT2D eigenvalue weighted by Gasteiger charge is -1.90. The van der Waals surface area contributed by atoms with Crippen molar-refractivity contribution in [1.29, 1.82) is 0 Å². The van der Waals surface area contributed by atoms with Gasteiger partial charge in [0.15, 0.2) is 6.29 Å². The van der Waals surface area contributed by atoms with Gasteiger partial charge in [0.1, 0.15) is 0 Å². The van der Waals surface area contributed by atoms with Gasteiger partial charge in [-0.05, 0) is 12.1 Å². The molecule has 3 heteroatoms. The maximum atomic E-state index is 11.0. The molecule has 0 aliphatic heterocycles. The Bertz CT molecular complexity index is 304. The summed E-state index contributed by atoms with van der Waals surface area (Å²) in [6, 6.07) is 8.57. The lowest BCUT2D eigenvalue weighted by molar-refractivity contribution is -0.102. The van der Waals surface area contributed by atoms with E-state index in [1.54, 1.807) is 30.3 Å². The summed E-state index contributed by atoms with van der Waals surface area (Å²) >= 11 is 0. The number of benzene rings is 1. The van der Waals surface area contributed by atoms with Crippen LogP contribution in [0.4, 0.5) is 0 Å². The summed E-state index contributed by atoms with van der Waals surface area (Å²) in [7, 11) is 0. The Labute approximate surface area is 69.7 Å². The fourth-order valence-electron chi connectivity index (χ4n) is 0.753. The minimum atomic E-state index is -0.400. The van der Waals surface area contributed by atoms with Gasteiger partial charge in [0.2, 0.25) is 0 Å². The van der Waals surface area contributed by atoms with Gasteiger partial charge in [-0.1, -0.05) is 18.2 Å².